The van der Waals surface area contributed by atoms with Crippen molar-refractivity contribution in [1.29, 1.82) is 0 Å². The molecule has 3 aromatic carbocycles. The summed E-state index contributed by atoms with van der Waals surface area (Å²) in [6.45, 7) is 5.03. The molecule has 5 nitrogen and oxygen atoms in total. The molecule has 0 spiro atoms. The minimum absolute atomic E-state index is 0.339. The third-order valence-electron chi connectivity index (χ3n) is 4.95. The number of rotatable bonds is 13. The highest BCUT2D eigenvalue weighted by molar-refractivity contribution is 5.63. The fraction of sp³-hybridized carbons (Fsp3) is 0.222. The normalized spacial score (nSPS) is 14.1. The summed E-state index contributed by atoms with van der Waals surface area (Å²) >= 11 is 0. The number of ether oxygens (including phenoxy) is 3. The number of benzene rings is 3. The Morgan fingerprint density at radius 2 is 1.06 bits per heavy atom. The molecule has 0 aliphatic rings. The fourth-order valence-corrected chi connectivity index (χ4v) is 3.26. The molecule has 3 atom stereocenters. The van der Waals surface area contributed by atoms with Crippen LogP contribution in [0.1, 0.15) is 16.7 Å². The zero-order valence-electron chi connectivity index (χ0n) is 18.0. The first-order chi connectivity index (χ1) is 15.8. The molecular formula is C27H29NO4. The maximum absolute atomic E-state index is 9.30. The molecule has 0 saturated carbocycles. The molecule has 0 bridgehead atoms. The Morgan fingerprint density at radius 3 is 1.47 bits per heavy atom. The molecule has 0 saturated heterocycles. The van der Waals surface area contributed by atoms with Gasteiger partial charge in [0.2, 0.25) is 0 Å². The summed E-state index contributed by atoms with van der Waals surface area (Å²) in [5.74, 6) is 0. The topological polar surface area (TPSA) is 60.3 Å². The molecule has 32 heavy (non-hydrogen) atoms. The van der Waals surface area contributed by atoms with E-state index in [-0.39, 0.29) is 0 Å². The summed E-state index contributed by atoms with van der Waals surface area (Å²) in [6.07, 6.45) is 1.32. The lowest BCUT2D eigenvalue weighted by atomic mass is 10.1. The highest BCUT2D eigenvalue weighted by Gasteiger charge is 2.30. The Balaban J connectivity index is 1.75. The summed E-state index contributed by atoms with van der Waals surface area (Å²) in [4.78, 5) is 0. The number of oxime groups is 1. The molecule has 0 unspecified atom stereocenters. The first-order valence-corrected chi connectivity index (χ1v) is 10.6. The highest BCUT2D eigenvalue weighted by Crippen LogP contribution is 2.18. The molecule has 0 amide bonds. The largest absolute Gasteiger partial charge is 0.411 e. The van der Waals surface area contributed by atoms with Crippen molar-refractivity contribution in [2.24, 2.45) is 5.16 Å². The Kier molecular flexibility index (Phi) is 9.68. The molecule has 5 heteroatoms. The van der Waals surface area contributed by atoms with Crippen molar-refractivity contribution >= 4 is 6.21 Å². The summed E-state index contributed by atoms with van der Waals surface area (Å²) in [5.41, 5.74) is 3.07. The van der Waals surface area contributed by atoms with Crippen LogP contribution in [0.15, 0.2) is 109 Å². The first kappa shape index (κ1) is 23.4. The lowest BCUT2D eigenvalue weighted by Crippen LogP contribution is -2.42. The summed E-state index contributed by atoms with van der Waals surface area (Å²) < 4.78 is 18.5. The molecule has 0 aliphatic heterocycles. The van der Waals surface area contributed by atoms with Crippen LogP contribution in [0.5, 0.6) is 0 Å². The smallest absolute Gasteiger partial charge is 0.125 e. The monoisotopic (exact) mass is 431 g/mol. The van der Waals surface area contributed by atoms with Crippen LogP contribution in [0.3, 0.4) is 0 Å². The molecule has 3 rings (SSSR count). The van der Waals surface area contributed by atoms with Gasteiger partial charge in [-0.15, -0.1) is 6.58 Å². The van der Waals surface area contributed by atoms with Crippen LogP contribution in [0.25, 0.3) is 0 Å². The second kappa shape index (κ2) is 13.2. The molecule has 1 N–H and O–H groups in total. The minimum atomic E-state index is -0.650. The predicted octanol–water partition coefficient (Wildman–Crippen LogP) is 5.39. The van der Waals surface area contributed by atoms with Crippen LogP contribution in [0.2, 0.25) is 0 Å². The van der Waals surface area contributed by atoms with Gasteiger partial charge in [0.05, 0.1) is 26.0 Å². The van der Waals surface area contributed by atoms with E-state index in [2.05, 4.69) is 11.7 Å². The zero-order valence-corrected chi connectivity index (χ0v) is 18.0. The average Bonchev–Trinajstić information content (AvgIpc) is 2.86. The molecule has 0 aromatic heterocycles. The first-order valence-electron chi connectivity index (χ1n) is 10.6. The van der Waals surface area contributed by atoms with Crippen molar-refractivity contribution in [3.8, 4) is 0 Å². The van der Waals surface area contributed by atoms with Gasteiger partial charge in [-0.05, 0) is 16.7 Å². The summed E-state index contributed by atoms with van der Waals surface area (Å²) in [5, 5.41) is 12.5. The van der Waals surface area contributed by atoms with Crippen LogP contribution in [-0.2, 0) is 34.0 Å². The van der Waals surface area contributed by atoms with Crippen molar-refractivity contribution in [3.63, 3.8) is 0 Å². The molecule has 0 fully saturated rings. The van der Waals surface area contributed by atoms with Crippen molar-refractivity contribution in [1.82, 2.24) is 0 Å². The predicted molar refractivity (Wildman–Crippen MR) is 126 cm³/mol. The second-order valence-corrected chi connectivity index (χ2v) is 7.28. The average molecular weight is 432 g/mol. The molecule has 0 heterocycles. The SMILES string of the molecule is C=C[C@@H](OCc1ccccc1)[C@H](OCc1ccccc1)[C@H](/C=N\O)OCc1ccccc1. The number of nitrogens with zero attached hydrogens (tertiary/aromatic N) is 1. The third-order valence-corrected chi connectivity index (χ3v) is 4.95. The van der Waals surface area contributed by atoms with Gasteiger partial charge in [0, 0.05) is 0 Å². The van der Waals surface area contributed by atoms with Gasteiger partial charge in [0.1, 0.15) is 18.3 Å². The Labute approximate surface area is 189 Å². The third kappa shape index (κ3) is 7.46. The second-order valence-electron chi connectivity index (χ2n) is 7.28. The van der Waals surface area contributed by atoms with Gasteiger partial charge in [0.15, 0.2) is 0 Å². The van der Waals surface area contributed by atoms with Gasteiger partial charge in [-0.3, -0.25) is 0 Å². The summed E-state index contributed by atoms with van der Waals surface area (Å²) in [7, 11) is 0. The van der Waals surface area contributed by atoms with Crippen molar-refractivity contribution in [2.75, 3.05) is 0 Å². The number of hydrogen-bond donors (Lipinski definition) is 1. The van der Waals surface area contributed by atoms with E-state index in [1.54, 1.807) is 6.08 Å². The van der Waals surface area contributed by atoms with Crippen LogP contribution >= 0.6 is 0 Å². The van der Waals surface area contributed by atoms with Crippen molar-refractivity contribution in [2.45, 2.75) is 38.1 Å². The van der Waals surface area contributed by atoms with Crippen LogP contribution in [0.4, 0.5) is 0 Å². The lowest BCUT2D eigenvalue weighted by molar-refractivity contribution is -0.116. The van der Waals surface area contributed by atoms with E-state index in [1.165, 1.54) is 6.21 Å². The lowest BCUT2D eigenvalue weighted by Gasteiger charge is -2.30. The Hall–Kier alpha value is -3.25. The van der Waals surface area contributed by atoms with Crippen molar-refractivity contribution < 1.29 is 19.4 Å². The maximum Gasteiger partial charge on any atom is 0.125 e. The Bertz CT molecular complexity index is 932. The maximum atomic E-state index is 9.30. The van der Waals surface area contributed by atoms with E-state index in [0.29, 0.717) is 19.8 Å². The van der Waals surface area contributed by atoms with Gasteiger partial charge in [0.25, 0.3) is 0 Å². The van der Waals surface area contributed by atoms with Gasteiger partial charge in [-0.1, -0.05) is 102 Å². The van der Waals surface area contributed by atoms with Gasteiger partial charge in [-0.25, -0.2) is 0 Å². The zero-order chi connectivity index (χ0) is 22.4. The van der Waals surface area contributed by atoms with Crippen LogP contribution in [-0.4, -0.2) is 29.7 Å². The van der Waals surface area contributed by atoms with Gasteiger partial charge >= 0.3 is 0 Å². The molecular weight excluding hydrogens is 402 g/mol. The molecule has 166 valence electrons. The molecule has 3 aromatic rings. The van der Waals surface area contributed by atoms with Crippen LogP contribution in [0, 0.1) is 0 Å². The molecule has 0 aliphatic carbocycles. The van der Waals surface area contributed by atoms with E-state index in [9.17, 15) is 5.21 Å². The van der Waals surface area contributed by atoms with Gasteiger partial charge < -0.3 is 19.4 Å². The van der Waals surface area contributed by atoms with E-state index in [4.69, 9.17) is 14.2 Å². The van der Waals surface area contributed by atoms with E-state index < -0.39 is 18.3 Å². The summed E-state index contributed by atoms with van der Waals surface area (Å²) in [6, 6.07) is 29.6. The van der Waals surface area contributed by atoms with E-state index in [0.717, 1.165) is 16.7 Å². The van der Waals surface area contributed by atoms with Crippen molar-refractivity contribution in [3.05, 3.63) is 120 Å². The Morgan fingerprint density at radius 1 is 0.656 bits per heavy atom. The van der Waals surface area contributed by atoms with Gasteiger partial charge in [-0.2, -0.15) is 0 Å². The number of hydrogen-bond acceptors (Lipinski definition) is 5. The van der Waals surface area contributed by atoms with E-state index in [1.807, 2.05) is 91.0 Å². The van der Waals surface area contributed by atoms with E-state index >= 15 is 0 Å². The fourth-order valence-electron chi connectivity index (χ4n) is 3.26. The highest BCUT2D eigenvalue weighted by atomic mass is 16.6. The quantitative estimate of drug-likeness (QED) is 0.171. The van der Waals surface area contributed by atoms with Crippen LogP contribution < -0.4 is 0 Å². The molecule has 0 radical (unpaired) electrons. The minimum Gasteiger partial charge on any atom is -0.411 e. The standard InChI is InChI=1S/C27H29NO4/c1-2-25(30-19-22-12-6-3-7-13-22)27(32-21-24-16-10-5-11-17-24)26(18-28-29)31-20-23-14-8-4-9-15-23/h2-18,25-27,29H,1,19-21H2/b28-18-/t25-,26+,27+/m1/s1.